The van der Waals surface area contributed by atoms with Gasteiger partial charge in [-0.2, -0.15) is 0 Å². The van der Waals surface area contributed by atoms with Crippen LogP contribution in [0.5, 0.6) is 0 Å². The number of methoxy groups -OCH3 is 1. The van der Waals surface area contributed by atoms with Crippen LogP contribution in [0.4, 0.5) is 4.79 Å². The number of amides is 1. The number of esters is 1. The molecule has 1 aromatic carbocycles. The minimum atomic E-state index is -1.31. The molecule has 0 spiro atoms. The molecule has 1 amide bonds. The van der Waals surface area contributed by atoms with Gasteiger partial charge in [-0.1, -0.05) is 50.0 Å². The zero-order chi connectivity index (χ0) is 17.5. The molecule has 23 heavy (non-hydrogen) atoms. The van der Waals surface area contributed by atoms with Gasteiger partial charge in [-0.15, -0.1) is 0 Å². The maximum absolute atomic E-state index is 11.9. The van der Waals surface area contributed by atoms with E-state index in [0.717, 1.165) is 6.04 Å². The van der Waals surface area contributed by atoms with Crippen LogP contribution in [0.3, 0.4) is 0 Å². The van der Waals surface area contributed by atoms with Crippen molar-refractivity contribution in [2.45, 2.75) is 37.8 Å². The van der Waals surface area contributed by atoms with Gasteiger partial charge in [0, 0.05) is 8.07 Å². The SMILES string of the molecule is COC(=O)[C@@H](NC(=O)OCC[Si](C)(C)C)[C@H](O)c1ccccc1. The summed E-state index contributed by atoms with van der Waals surface area (Å²) in [5.74, 6) is -0.733. The second kappa shape index (κ2) is 8.69. The van der Waals surface area contributed by atoms with Crippen LogP contribution in [-0.2, 0) is 14.3 Å². The van der Waals surface area contributed by atoms with Crippen molar-refractivity contribution in [1.82, 2.24) is 5.32 Å². The Morgan fingerprint density at radius 3 is 2.35 bits per heavy atom. The number of carbonyl (C=O) groups is 2. The molecule has 0 saturated carbocycles. The number of benzene rings is 1. The number of hydrogen-bond donors (Lipinski definition) is 2. The fourth-order valence-corrected chi connectivity index (χ4v) is 2.57. The van der Waals surface area contributed by atoms with Crippen LogP contribution in [0.1, 0.15) is 11.7 Å². The lowest BCUT2D eigenvalue weighted by Gasteiger charge is -2.22. The molecule has 2 atom stereocenters. The van der Waals surface area contributed by atoms with E-state index in [0.29, 0.717) is 5.56 Å². The smallest absolute Gasteiger partial charge is 0.407 e. The van der Waals surface area contributed by atoms with Crippen molar-refractivity contribution in [2.75, 3.05) is 13.7 Å². The first-order valence-corrected chi connectivity index (χ1v) is 11.2. The fourth-order valence-electron chi connectivity index (χ4n) is 1.85. The van der Waals surface area contributed by atoms with Gasteiger partial charge in [0.2, 0.25) is 0 Å². The normalized spacial score (nSPS) is 13.8. The third kappa shape index (κ3) is 6.83. The Morgan fingerprint density at radius 1 is 1.22 bits per heavy atom. The molecule has 1 aromatic rings. The summed E-state index contributed by atoms with van der Waals surface area (Å²) in [6.07, 6.45) is -1.96. The number of rotatable bonds is 7. The van der Waals surface area contributed by atoms with E-state index in [-0.39, 0.29) is 6.61 Å². The van der Waals surface area contributed by atoms with Gasteiger partial charge < -0.3 is 19.9 Å². The van der Waals surface area contributed by atoms with Crippen LogP contribution in [-0.4, -0.2) is 45.0 Å². The molecule has 128 valence electrons. The highest BCUT2D eigenvalue weighted by atomic mass is 28.3. The van der Waals surface area contributed by atoms with Gasteiger partial charge in [-0.05, 0) is 11.6 Å². The third-order valence-corrected chi connectivity index (χ3v) is 4.97. The molecule has 0 bridgehead atoms. The van der Waals surface area contributed by atoms with Gasteiger partial charge >= 0.3 is 12.1 Å². The first-order valence-electron chi connectivity index (χ1n) is 7.49. The summed E-state index contributed by atoms with van der Waals surface area (Å²) < 4.78 is 9.75. The summed E-state index contributed by atoms with van der Waals surface area (Å²) in [5, 5.41) is 12.7. The highest BCUT2D eigenvalue weighted by Gasteiger charge is 2.31. The second-order valence-corrected chi connectivity index (χ2v) is 12.1. The molecule has 0 heterocycles. The van der Waals surface area contributed by atoms with Gasteiger partial charge in [0.15, 0.2) is 6.04 Å². The van der Waals surface area contributed by atoms with Gasteiger partial charge in [-0.3, -0.25) is 0 Å². The molecule has 0 radical (unpaired) electrons. The van der Waals surface area contributed by atoms with Gasteiger partial charge in [0.1, 0.15) is 6.10 Å². The Labute approximate surface area is 137 Å². The van der Waals surface area contributed by atoms with Gasteiger partial charge in [-0.25, -0.2) is 9.59 Å². The fraction of sp³-hybridized carbons (Fsp3) is 0.500. The first-order chi connectivity index (χ1) is 10.7. The minimum Gasteiger partial charge on any atom is -0.467 e. The van der Waals surface area contributed by atoms with E-state index in [1.54, 1.807) is 30.3 Å². The van der Waals surface area contributed by atoms with Crippen LogP contribution < -0.4 is 5.32 Å². The number of ether oxygens (including phenoxy) is 2. The molecule has 7 heteroatoms. The molecule has 1 rings (SSSR count). The lowest BCUT2D eigenvalue weighted by Crippen LogP contribution is -2.46. The number of hydrogen-bond acceptors (Lipinski definition) is 5. The quantitative estimate of drug-likeness (QED) is 0.588. The van der Waals surface area contributed by atoms with E-state index in [4.69, 9.17) is 4.74 Å². The largest absolute Gasteiger partial charge is 0.467 e. The highest BCUT2D eigenvalue weighted by molar-refractivity contribution is 6.76. The summed E-state index contributed by atoms with van der Waals surface area (Å²) in [6.45, 7) is 6.80. The Hall–Kier alpha value is -1.86. The van der Waals surface area contributed by atoms with Crippen LogP contribution in [0.25, 0.3) is 0 Å². The predicted molar refractivity (Wildman–Crippen MR) is 89.8 cm³/mol. The Balaban J connectivity index is 2.68. The van der Waals surface area contributed by atoms with Crippen LogP contribution in [0, 0.1) is 0 Å². The maximum atomic E-state index is 11.9. The summed E-state index contributed by atoms with van der Waals surface area (Å²) in [5.41, 5.74) is 0.505. The zero-order valence-electron chi connectivity index (χ0n) is 14.0. The predicted octanol–water partition coefficient (Wildman–Crippen LogP) is 2.33. The molecule has 0 unspecified atom stereocenters. The Morgan fingerprint density at radius 2 is 1.83 bits per heavy atom. The van der Waals surface area contributed by atoms with Crippen molar-refractivity contribution >= 4 is 20.1 Å². The van der Waals surface area contributed by atoms with E-state index in [1.807, 2.05) is 0 Å². The molecule has 0 saturated heterocycles. The van der Waals surface area contributed by atoms with E-state index < -0.39 is 32.3 Å². The summed E-state index contributed by atoms with van der Waals surface area (Å²) >= 11 is 0. The second-order valence-electron chi connectivity index (χ2n) is 6.45. The summed E-state index contributed by atoms with van der Waals surface area (Å²) in [6, 6.07) is 8.20. The van der Waals surface area contributed by atoms with E-state index >= 15 is 0 Å². The van der Waals surface area contributed by atoms with Crippen LogP contribution >= 0.6 is 0 Å². The molecule has 0 aliphatic heterocycles. The number of aliphatic hydroxyl groups is 1. The average Bonchev–Trinajstić information content (AvgIpc) is 2.51. The maximum Gasteiger partial charge on any atom is 0.407 e. The Bertz CT molecular complexity index is 515. The van der Waals surface area contributed by atoms with Crippen LogP contribution in [0.2, 0.25) is 25.7 Å². The number of carbonyl (C=O) groups excluding carboxylic acids is 2. The molecule has 0 aliphatic carbocycles. The molecule has 0 aliphatic rings. The van der Waals surface area contributed by atoms with Crippen molar-refractivity contribution < 1.29 is 24.2 Å². The lowest BCUT2D eigenvalue weighted by atomic mass is 10.0. The lowest BCUT2D eigenvalue weighted by molar-refractivity contribution is -0.146. The molecule has 2 N–H and O–H groups in total. The first kappa shape index (κ1) is 19.2. The Kier molecular flexibility index (Phi) is 7.25. The number of nitrogens with one attached hydrogen (secondary N) is 1. The van der Waals surface area contributed by atoms with Crippen LogP contribution in [0.15, 0.2) is 30.3 Å². The van der Waals surface area contributed by atoms with Crippen molar-refractivity contribution in [1.29, 1.82) is 0 Å². The average molecular weight is 339 g/mol. The summed E-state index contributed by atoms with van der Waals surface area (Å²) in [7, 11) is -0.114. The van der Waals surface area contributed by atoms with Crippen molar-refractivity contribution in [3.8, 4) is 0 Å². The number of alkyl carbamates (subject to hydrolysis) is 1. The van der Waals surface area contributed by atoms with Gasteiger partial charge in [0.05, 0.1) is 13.7 Å². The standard InChI is InChI=1S/C16H25NO5Si/c1-21-15(19)13(14(18)12-8-6-5-7-9-12)17-16(20)22-10-11-23(2,3)4/h5-9,13-14,18H,10-11H2,1-4H3,(H,17,20)/t13-,14+/m0/s1. The highest BCUT2D eigenvalue weighted by Crippen LogP contribution is 2.17. The van der Waals surface area contributed by atoms with Gasteiger partial charge in [0.25, 0.3) is 0 Å². The minimum absolute atomic E-state index is 0.289. The topological polar surface area (TPSA) is 84.9 Å². The third-order valence-electron chi connectivity index (χ3n) is 3.27. The molecule has 0 fully saturated rings. The van der Waals surface area contributed by atoms with E-state index in [2.05, 4.69) is 29.7 Å². The van der Waals surface area contributed by atoms with E-state index in [1.165, 1.54) is 7.11 Å². The summed E-state index contributed by atoms with van der Waals surface area (Å²) in [4.78, 5) is 23.7. The van der Waals surface area contributed by atoms with Crippen molar-refractivity contribution in [2.24, 2.45) is 0 Å². The van der Waals surface area contributed by atoms with Crippen molar-refractivity contribution in [3.63, 3.8) is 0 Å². The van der Waals surface area contributed by atoms with Crippen molar-refractivity contribution in [3.05, 3.63) is 35.9 Å². The van der Waals surface area contributed by atoms with E-state index in [9.17, 15) is 14.7 Å². The zero-order valence-corrected chi connectivity index (χ0v) is 15.0. The molecular weight excluding hydrogens is 314 g/mol. The number of aliphatic hydroxyl groups excluding tert-OH is 1. The molecule has 6 nitrogen and oxygen atoms in total. The monoisotopic (exact) mass is 339 g/mol. The molecule has 0 aromatic heterocycles. The molecular formula is C16H25NO5Si.